The largest absolute Gasteiger partial charge is 0.503 e. The van der Waals surface area contributed by atoms with Gasteiger partial charge in [0.05, 0.1) is 18.9 Å². The van der Waals surface area contributed by atoms with E-state index in [0.717, 1.165) is 17.0 Å². The van der Waals surface area contributed by atoms with E-state index in [2.05, 4.69) is 0 Å². The van der Waals surface area contributed by atoms with E-state index in [1.54, 1.807) is 18.2 Å². The highest BCUT2D eigenvalue weighted by Gasteiger charge is 2.47. The second-order valence-electron chi connectivity index (χ2n) is 7.27. The van der Waals surface area contributed by atoms with Crippen LogP contribution in [0.2, 0.25) is 0 Å². The van der Waals surface area contributed by atoms with Crippen LogP contribution in [0.25, 0.3) is 11.0 Å². The fourth-order valence-corrected chi connectivity index (χ4v) is 3.90. The van der Waals surface area contributed by atoms with Gasteiger partial charge in [0.15, 0.2) is 34.5 Å². The maximum Gasteiger partial charge on any atom is 0.294 e. The number of para-hydroxylation sites is 1. The van der Waals surface area contributed by atoms with Gasteiger partial charge in [-0.3, -0.25) is 14.5 Å². The van der Waals surface area contributed by atoms with Gasteiger partial charge in [-0.1, -0.05) is 12.1 Å². The second kappa shape index (κ2) is 7.63. The Morgan fingerprint density at radius 1 is 1.09 bits per heavy atom. The van der Waals surface area contributed by atoms with Crippen molar-refractivity contribution in [3.8, 4) is 5.75 Å². The standard InChI is InChI=1S/C24H15F2NO6/c1-31-17-5-2-4-12-10-18(33-23(12)17)21(28)19-20(16-6-3-9-32-16)27(24(30)22(19)29)13-7-8-14(25)15(26)11-13/h2-11,20,29H,1H3. The number of aliphatic hydroxyl groups excluding tert-OH is 1. The molecule has 5 rings (SSSR count). The number of amides is 1. The Bertz CT molecular complexity index is 1440. The molecule has 2 aromatic heterocycles. The lowest BCUT2D eigenvalue weighted by molar-refractivity contribution is -0.117. The highest BCUT2D eigenvalue weighted by Crippen LogP contribution is 2.43. The van der Waals surface area contributed by atoms with Crippen LogP contribution in [0.4, 0.5) is 14.5 Å². The Morgan fingerprint density at radius 2 is 1.91 bits per heavy atom. The van der Waals surface area contributed by atoms with Gasteiger partial charge in [-0.05, 0) is 36.4 Å². The van der Waals surface area contributed by atoms with Crippen molar-refractivity contribution < 1.29 is 37.0 Å². The number of rotatable bonds is 5. The van der Waals surface area contributed by atoms with E-state index in [1.807, 2.05) is 0 Å². The molecule has 166 valence electrons. The third-order valence-electron chi connectivity index (χ3n) is 5.40. The van der Waals surface area contributed by atoms with Crippen molar-refractivity contribution in [1.82, 2.24) is 0 Å². The third kappa shape index (κ3) is 3.16. The minimum atomic E-state index is -1.24. The maximum atomic E-state index is 13.9. The van der Waals surface area contributed by atoms with Crippen LogP contribution in [0.1, 0.15) is 22.4 Å². The Hall–Kier alpha value is -4.40. The monoisotopic (exact) mass is 451 g/mol. The molecule has 1 unspecified atom stereocenters. The molecule has 0 saturated heterocycles. The number of benzene rings is 2. The molecule has 9 heteroatoms. The van der Waals surface area contributed by atoms with Gasteiger partial charge in [-0.15, -0.1) is 0 Å². The van der Waals surface area contributed by atoms with Crippen LogP contribution in [0.3, 0.4) is 0 Å². The van der Waals surface area contributed by atoms with Gasteiger partial charge in [0.25, 0.3) is 5.91 Å². The number of methoxy groups -OCH3 is 1. The van der Waals surface area contributed by atoms with E-state index in [-0.39, 0.29) is 22.8 Å². The highest BCUT2D eigenvalue weighted by molar-refractivity contribution is 6.20. The lowest BCUT2D eigenvalue weighted by atomic mass is 9.99. The van der Waals surface area contributed by atoms with Gasteiger partial charge in [-0.25, -0.2) is 8.78 Å². The van der Waals surface area contributed by atoms with Gasteiger partial charge in [0.2, 0.25) is 5.78 Å². The number of anilines is 1. The number of nitrogens with zero attached hydrogens (tertiary/aromatic N) is 1. The average molecular weight is 451 g/mol. The first-order valence-corrected chi connectivity index (χ1v) is 9.77. The molecule has 0 fully saturated rings. The summed E-state index contributed by atoms with van der Waals surface area (Å²) >= 11 is 0. The first-order chi connectivity index (χ1) is 15.9. The molecule has 1 atom stereocenters. The average Bonchev–Trinajstić information content (AvgIpc) is 3.54. The molecule has 0 saturated carbocycles. The van der Waals surface area contributed by atoms with E-state index in [1.165, 1.54) is 37.6 Å². The van der Waals surface area contributed by atoms with Gasteiger partial charge >= 0.3 is 0 Å². The Kier molecular flexibility index (Phi) is 4.74. The van der Waals surface area contributed by atoms with Crippen molar-refractivity contribution in [2.75, 3.05) is 12.0 Å². The number of furan rings is 2. The Balaban J connectivity index is 1.64. The third-order valence-corrected chi connectivity index (χ3v) is 5.40. The minimum Gasteiger partial charge on any atom is -0.503 e. The summed E-state index contributed by atoms with van der Waals surface area (Å²) in [6.07, 6.45) is 1.33. The highest BCUT2D eigenvalue weighted by atomic mass is 19.2. The molecule has 1 aliphatic heterocycles. The van der Waals surface area contributed by atoms with Gasteiger partial charge in [0, 0.05) is 17.1 Å². The van der Waals surface area contributed by atoms with Crippen molar-refractivity contribution in [2.45, 2.75) is 6.04 Å². The van der Waals surface area contributed by atoms with Crippen LogP contribution in [-0.2, 0) is 4.79 Å². The fraction of sp³-hybridized carbons (Fsp3) is 0.0833. The molecule has 0 spiro atoms. The number of aliphatic hydroxyl groups is 1. The zero-order chi connectivity index (χ0) is 23.3. The summed E-state index contributed by atoms with van der Waals surface area (Å²) < 4.78 is 43.8. The van der Waals surface area contributed by atoms with Crippen molar-refractivity contribution >= 4 is 28.3 Å². The molecular formula is C24H15F2NO6. The topological polar surface area (TPSA) is 93.1 Å². The van der Waals surface area contributed by atoms with Crippen LogP contribution in [0.5, 0.6) is 5.75 Å². The van der Waals surface area contributed by atoms with E-state index in [4.69, 9.17) is 13.6 Å². The molecule has 0 radical (unpaired) electrons. The van der Waals surface area contributed by atoms with Crippen molar-refractivity contribution in [3.63, 3.8) is 0 Å². The minimum absolute atomic E-state index is 0.0686. The molecule has 1 amide bonds. The molecule has 4 aromatic rings. The summed E-state index contributed by atoms with van der Waals surface area (Å²) in [5, 5.41) is 11.3. The number of hydrogen-bond acceptors (Lipinski definition) is 6. The lowest BCUT2D eigenvalue weighted by Gasteiger charge is -2.24. The van der Waals surface area contributed by atoms with E-state index < -0.39 is 35.1 Å². The first-order valence-electron chi connectivity index (χ1n) is 9.77. The van der Waals surface area contributed by atoms with E-state index in [9.17, 15) is 23.5 Å². The number of hydrogen-bond donors (Lipinski definition) is 1. The van der Waals surface area contributed by atoms with Crippen molar-refractivity contribution in [1.29, 1.82) is 0 Å². The zero-order valence-electron chi connectivity index (χ0n) is 17.0. The van der Waals surface area contributed by atoms with Gasteiger partial charge in [0.1, 0.15) is 11.8 Å². The number of Topliss-reactive ketones (excluding diaryl/α,β-unsaturated/α-hetero) is 1. The Labute approximate surface area is 185 Å². The number of ether oxygens (including phenoxy) is 1. The molecule has 2 aromatic carbocycles. The van der Waals surface area contributed by atoms with Crippen LogP contribution in [-0.4, -0.2) is 23.9 Å². The summed E-state index contributed by atoms with van der Waals surface area (Å²) in [5.41, 5.74) is -0.0709. The van der Waals surface area contributed by atoms with Crippen LogP contribution in [0.15, 0.2) is 81.0 Å². The molecule has 0 aliphatic carbocycles. The molecule has 1 N–H and O–H groups in total. The summed E-state index contributed by atoms with van der Waals surface area (Å²) in [6.45, 7) is 0. The van der Waals surface area contributed by atoms with Gasteiger partial charge < -0.3 is 18.7 Å². The summed E-state index contributed by atoms with van der Waals surface area (Å²) in [6, 6.07) is 11.2. The molecule has 0 bridgehead atoms. The maximum absolute atomic E-state index is 13.9. The smallest absolute Gasteiger partial charge is 0.294 e. The quantitative estimate of drug-likeness (QED) is 0.425. The SMILES string of the molecule is COc1cccc2cc(C(=O)C3=C(O)C(=O)N(c4ccc(F)c(F)c4)C3c3ccco3)oc12. The molecule has 1 aliphatic rings. The number of ketones is 1. The lowest BCUT2D eigenvalue weighted by Crippen LogP contribution is -2.31. The number of fused-ring (bicyclic) bond motifs is 1. The van der Waals surface area contributed by atoms with Crippen LogP contribution in [0, 0.1) is 11.6 Å². The molecular weight excluding hydrogens is 436 g/mol. The number of halogens is 2. The van der Waals surface area contributed by atoms with Crippen LogP contribution < -0.4 is 9.64 Å². The van der Waals surface area contributed by atoms with Crippen LogP contribution >= 0.6 is 0 Å². The van der Waals surface area contributed by atoms with Crippen molar-refractivity contribution in [2.24, 2.45) is 0 Å². The Morgan fingerprint density at radius 3 is 2.61 bits per heavy atom. The molecule has 33 heavy (non-hydrogen) atoms. The van der Waals surface area contributed by atoms with E-state index in [0.29, 0.717) is 16.7 Å². The summed E-state index contributed by atoms with van der Waals surface area (Å²) in [4.78, 5) is 27.4. The number of carbonyl (C=O) groups is 2. The van der Waals surface area contributed by atoms with Gasteiger partial charge in [-0.2, -0.15) is 0 Å². The van der Waals surface area contributed by atoms with E-state index >= 15 is 0 Å². The molecule has 7 nitrogen and oxygen atoms in total. The predicted molar refractivity (Wildman–Crippen MR) is 112 cm³/mol. The predicted octanol–water partition coefficient (Wildman–Crippen LogP) is 5.10. The summed E-state index contributed by atoms with van der Waals surface area (Å²) in [5.74, 6) is -4.50. The molecule has 3 heterocycles. The zero-order valence-corrected chi connectivity index (χ0v) is 17.0. The summed E-state index contributed by atoms with van der Waals surface area (Å²) in [7, 11) is 1.45. The fourth-order valence-electron chi connectivity index (χ4n) is 3.90. The normalized spacial score (nSPS) is 16.2. The second-order valence-corrected chi connectivity index (χ2v) is 7.27. The first kappa shape index (κ1) is 20.5. The van der Waals surface area contributed by atoms with Crippen molar-refractivity contribution in [3.05, 3.63) is 95.3 Å². The number of carbonyl (C=O) groups excluding carboxylic acids is 2.